The summed E-state index contributed by atoms with van der Waals surface area (Å²) in [6, 6.07) is 1.12. The van der Waals surface area contributed by atoms with Crippen LogP contribution in [0.2, 0.25) is 0 Å². The number of anilines is 1. The minimum atomic E-state index is -4.46. The van der Waals surface area contributed by atoms with Crippen molar-refractivity contribution in [2.75, 3.05) is 44.2 Å². The van der Waals surface area contributed by atoms with Crippen LogP contribution < -0.4 is 4.90 Å². The lowest BCUT2D eigenvalue weighted by molar-refractivity contribution is -0.136. The van der Waals surface area contributed by atoms with E-state index in [-0.39, 0.29) is 17.6 Å². The minimum absolute atomic E-state index is 0.0627. The topological polar surface area (TPSA) is 57.4 Å². The Hall–Kier alpha value is -1.87. The molecule has 0 amide bonds. The summed E-state index contributed by atoms with van der Waals surface area (Å²) in [4.78, 5) is 8.35. The molecule has 132 valence electrons. The van der Waals surface area contributed by atoms with E-state index in [2.05, 4.69) is 15.0 Å². The molecule has 1 fully saturated rings. The number of alkyl halides is 3. The van der Waals surface area contributed by atoms with Crippen molar-refractivity contribution in [1.82, 2.24) is 19.7 Å². The predicted octanol–water partition coefficient (Wildman–Crippen LogP) is 1.41. The number of aryl methyl sites for hydroxylation is 2. The Bertz CT molecular complexity index is 735. The molecule has 9 heteroatoms. The molecule has 0 saturated carbocycles. The maximum Gasteiger partial charge on any atom is 0.417 e. The zero-order valence-electron chi connectivity index (χ0n) is 13.6. The minimum Gasteiger partial charge on any atom is -0.395 e. The Kier molecular flexibility index (Phi) is 4.39. The summed E-state index contributed by atoms with van der Waals surface area (Å²) in [5.41, 5.74) is -0.118. The van der Waals surface area contributed by atoms with E-state index in [0.717, 1.165) is 6.07 Å². The summed E-state index contributed by atoms with van der Waals surface area (Å²) < 4.78 is 41.9. The number of hydrogen-bond donors (Lipinski definition) is 1. The molecular weight excluding hydrogens is 323 g/mol. The molecule has 3 rings (SSSR count). The molecule has 0 spiro atoms. The number of aliphatic hydroxyl groups is 1. The van der Waals surface area contributed by atoms with Crippen LogP contribution >= 0.6 is 0 Å². The Morgan fingerprint density at radius 3 is 2.46 bits per heavy atom. The van der Waals surface area contributed by atoms with Gasteiger partial charge in [-0.15, -0.1) is 0 Å². The third-order valence-electron chi connectivity index (χ3n) is 4.37. The number of halogens is 3. The summed E-state index contributed by atoms with van der Waals surface area (Å²) in [5.74, 6) is 0.321. The zero-order valence-corrected chi connectivity index (χ0v) is 13.6. The van der Waals surface area contributed by atoms with Gasteiger partial charge in [-0.2, -0.15) is 18.3 Å². The Morgan fingerprint density at radius 2 is 1.88 bits per heavy atom. The van der Waals surface area contributed by atoms with E-state index in [0.29, 0.717) is 44.2 Å². The normalized spacial score (nSPS) is 17.0. The molecule has 1 aliphatic rings. The van der Waals surface area contributed by atoms with E-state index in [1.54, 1.807) is 14.0 Å². The Morgan fingerprint density at radius 1 is 1.21 bits per heavy atom. The predicted molar refractivity (Wildman–Crippen MR) is 84.0 cm³/mol. The molecule has 6 nitrogen and oxygen atoms in total. The summed E-state index contributed by atoms with van der Waals surface area (Å²) in [5, 5.41) is 13.1. The number of hydrogen-bond acceptors (Lipinski definition) is 5. The van der Waals surface area contributed by atoms with Crippen molar-refractivity contribution in [3.63, 3.8) is 0 Å². The molecule has 0 radical (unpaired) electrons. The van der Waals surface area contributed by atoms with Gasteiger partial charge >= 0.3 is 6.18 Å². The molecule has 0 atom stereocenters. The molecule has 1 aliphatic heterocycles. The maximum atomic E-state index is 13.5. The van der Waals surface area contributed by atoms with Crippen molar-refractivity contribution in [2.24, 2.45) is 7.05 Å². The largest absolute Gasteiger partial charge is 0.417 e. The first-order valence-corrected chi connectivity index (χ1v) is 7.81. The summed E-state index contributed by atoms with van der Waals surface area (Å²) in [6.07, 6.45) is -4.46. The lowest BCUT2D eigenvalue weighted by Gasteiger charge is -2.35. The Balaban J connectivity index is 1.99. The van der Waals surface area contributed by atoms with Crippen LogP contribution in [0.15, 0.2) is 6.07 Å². The van der Waals surface area contributed by atoms with Gasteiger partial charge in [0.1, 0.15) is 5.82 Å². The molecule has 3 heterocycles. The van der Waals surface area contributed by atoms with Crippen molar-refractivity contribution in [1.29, 1.82) is 0 Å². The van der Waals surface area contributed by atoms with Gasteiger partial charge in [-0.3, -0.25) is 9.58 Å². The van der Waals surface area contributed by atoms with E-state index in [4.69, 9.17) is 5.11 Å². The van der Waals surface area contributed by atoms with Crippen LogP contribution in [0.1, 0.15) is 11.3 Å². The fourth-order valence-corrected chi connectivity index (χ4v) is 3.16. The van der Waals surface area contributed by atoms with E-state index in [9.17, 15) is 13.2 Å². The third-order valence-corrected chi connectivity index (χ3v) is 4.37. The molecule has 2 aromatic rings. The second-order valence-corrected chi connectivity index (χ2v) is 5.99. The summed E-state index contributed by atoms with van der Waals surface area (Å²) >= 11 is 0. The van der Waals surface area contributed by atoms with Crippen molar-refractivity contribution in [3.8, 4) is 0 Å². The molecule has 2 aromatic heterocycles. The van der Waals surface area contributed by atoms with Crippen LogP contribution in [-0.2, 0) is 13.2 Å². The molecule has 1 saturated heterocycles. The van der Waals surface area contributed by atoms with Crippen molar-refractivity contribution < 1.29 is 18.3 Å². The second kappa shape index (κ2) is 6.21. The van der Waals surface area contributed by atoms with Crippen molar-refractivity contribution in [2.45, 2.75) is 13.1 Å². The SMILES string of the molecule is Cc1nn(C)c2nc(N3CCN(CCO)CC3)cc(C(F)(F)F)c12. The van der Waals surface area contributed by atoms with Gasteiger partial charge in [0.2, 0.25) is 0 Å². The van der Waals surface area contributed by atoms with Crippen molar-refractivity contribution >= 4 is 16.9 Å². The van der Waals surface area contributed by atoms with Crippen LogP contribution in [0, 0.1) is 6.92 Å². The molecule has 0 unspecified atom stereocenters. The Labute approximate surface area is 137 Å². The number of nitrogens with zero attached hydrogens (tertiary/aromatic N) is 5. The zero-order chi connectivity index (χ0) is 17.5. The van der Waals surface area contributed by atoms with E-state index in [1.807, 2.05) is 4.90 Å². The number of β-amino-alcohol motifs (C(OH)–C–C–N with tert-alkyl or cyclic N) is 1. The molecule has 0 aromatic carbocycles. The highest BCUT2D eigenvalue weighted by Crippen LogP contribution is 2.37. The average molecular weight is 343 g/mol. The molecule has 24 heavy (non-hydrogen) atoms. The fourth-order valence-electron chi connectivity index (χ4n) is 3.16. The molecule has 0 bridgehead atoms. The lowest BCUT2D eigenvalue weighted by Crippen LogP contribution is -2.47. The first-order chi connectivity index (χ1) is 11.3. The monoisotopic (exact) mass is 343 g/mol. The van der Waals surface area contributed by atoms with Gasteiger partial charge in [-0.1, -0.05) is 0 Å². The number of pyridine rings is 1. The molecule has 0 aliphatic carbocycles. The van der Waals surface area contributed by atoms with E-state index in [1.165, 1.54) is 4.68 Å². The van der Waals surface area contributed by atoms with Crippen LogP contribution in [0.4, 0.5) is 19.0 Å². The number of aromatic nitrogens is 3. The van der Waals surface area contributed by atoms with Crippen LogP contribution in [0.3, 0.4) is 0 Å². The summed E-state index contributed by atoms with van der Waals surface area (Å²) in [6.45, 7) is 4.75. The lowest BCUT2D eigenvalue weighted by atomic mass is 10.1. The number of fused-ring (bicyclic) bond motifs is 1. The van der Waals surface area contributed by atoms with Crippen LogP contribution in [-0.4, -0.2) is 64.1 Å². The summed E-state index contributed by atoms with van der Waals surface area (Å²) in [7, 11) is 1.60. The highest BCUT2D eigenvalue weighted by molar-refractivity contribution is 5.84. The highest BCUT2D eigenvalue weighted by atomic mass is 19.4. The third kappa shape index (κ3) is 3.05. The standard InChI is InChI=1S/C15H20F3N5O/c1-10-13-11(15(16,17)18)9-12(19-14(13)21(2)20-10)23-5-3-22(4-6-23)7-8-24/h9,24H,3-8H2,1-2H3. The number of piperazine rings is 1. The van der Waals surface area contributed by atoms with E-state index < -0.39 is 11.7 Å². The van der Waals surface area contributed by atoms with E-state index >= 15 is 0 Å². The smallest absolute Gasteiger partial charge is 0.395 e. The quantitative estimate of drug-likeness (QED) is 0.913. The first-order valence-electron chi connectivity index (χ1n) is 7.81. The highest BCUT2D eigenvalue weighted by Gasteiger charge is 2.36. The maximum absolute atomic E-state index is 13.5. The van der Waals surface area contributed by atoms with Gasteiger partial charge in [-0.05, 0) is 13.0 Å². The first kappa shape index (κ1) is 17.0. The van der Waals surface area contributed by atoms with Gasteiger partial charge in [0, 0.05) is 39.8 Å². The molecular formula is C15H20F3N5O. The number of aliphatic hydroxyl groups excluding tert-OH is 1. The number of rotatable bonds is 3. The van der Waals surface area contributed by atoms with Gasteiger partial charge < -0.3 is 10.0 Å². The van der Waals surface area contributed by atoms with Gasteiger partial charge in [0.15, 0.2) is 5.65 Å². The fraction of sp³-hybridized carbons (Fsp3) is 0.600. The second-order valence-electron chi connectivity index (χ2n) is 5.99. The van der Waals surface area contributed by atoms with Gasteiger partial charge in [0.05, 0.1) is 23.3 Å². The average Bonchev–Trinajstić information content (AvgIpc) is 2.81. The van der Waals surface area contributed by atoms with Crippen LogP contribution in [0.25, 0.3) is 11.0 Å². The van der Waals surface area contributed by atoms with Gasteiger partial charge in [0.25, 0.3) is 0 Å². The van der Waals surface area contributed by atoms with Crippen molar-refractivity contribution in [3.05, 3.63) is 17.3 Å². The molecule has 1 N–H and O–H groups in total. The van der Waals surface area contributed by atoms with Crippen LogP contribution in [0.5, 0.6) is 0 Å². The van der Waals surface area contributed by atoms with Gasteiger partial charge in [-0.25, -0.2) is 4.98 Å².